The Morgan fingerprint density at radius 2 is 1.94 bits per heavy atom. The largest absolute Gasteiger partial charge is 0.506 e. The van der Waals surface area contributed by atoms with Crippen molar-refractivity contribution in [3.8, 4) is 5.75 Å². The lowest BCUT2D eigenvalue weighted by Crippen LogP contribution is -2.17. The van der Waals surface area contributed by atoms with E-state index in [4.69, 9.17) is 10.5 Å². The van der Waals surface area contributed by atoms with Gasteiger partial charge in [0, 0.05) is 6.04 Å². The Balaban J connectivity index is 0.00000289. The van der Waals surface area contributed by atoms with Crippen LogP contribution in [-0.2, 0) is 9.53 Å². The van der Waals surface area contributed by atoms with Gasteiger partial charge in [-0.15, -0.1) is 12.4 Å². The highest BCUT2D eigenvalue weighted by molar-refractivity contribution is 9.11. The highest BCUT2D eigenvalue weighted by Crippen LogP contribution is 2.35. The third kappa shape index (κ3) is 4.76. The van der Waals surface area contributed by atoms with Crippen molar-refractivity contribution in [1.82, 2.24) is 0 Å². The molecule has 102 valence electrons. The van der Waals surface area contributed by atoms with Crippen molar-refractivity contribution in [3.63, 3.8) is 0 Å². The highest BCUT2D eigenvalue weighted by atomic mass is 79.9. The number of phenolic OH excluding ortho intramolecular Hbond substituents is 1. The normalized spacial score (nSPS) is 11.6. The summed E-state index contributed by atoms with van der Waals surface area (Å²) in [5.41, 5.74) is 6.63. The Labute approximate surface area is 129 Å². The summed E-state index contributed by atoms with van der Waals surface area (Å²) in [7, 11) is 0. The van der Waals surface area contributed by atoms with E-state index in [9.17, 15) is 9.90 Å². The number of carbonyl (C=O) groups is 1. The number of nitrogens with two attached hydrogens (primary N) is 1. The van der Waals surface area contributed by atoms with Crippen molar-refractivity contribution in [2.45, 2.75) is 19.4 Å². The average molecular weight is 403 g/mol. The average Bonchev–Trinajstić information content (AvgIpc) is 2.25. The number of benzene rings is 1. The summed E-state index contributed by atoms with van der Waals surface area (Å²) in [5.74, 6) is -0.225. The van der Waals surface area contributed by atoms with Crippen LogP contribution in [0.4, 0.5) is 0 Å². The first-order valence-corrected chi connectivity index (χ1v) is 6.63. The van der Waals surface area contributed by atoms with Crippen molar-refractivity contribution < 1.29 is 14.6 Å². The summed E-state index contributed by atoms with van der Waals surface area (Å²) >= 11 is 6.42. The molecular weight excluding hydrogens is 389 g/mol. The van der Waals surface area contributed by atoms with Crippen LogP contribution in [0.3, 0.4) is 0 Å². The molecule has 0 radical (unpaired) electrons. The van der Waals surface area contributed by atoms with Gasteiger partial charge in [-0.2, -0.15) is 0 Å². The van der Waals surface area contributed by atoms with E-state index >= 15 is 0 Å². The molecule has 0 bridgehead atoms. The molecule has 0 heterocycles. The van der Waals surface area contributed by atoms with E-state index in [-0.39, 0.29) is 30.5 Å². The fourth-order valence-electron chi connectivity index (χ4n) is 1.32. The van der Waals surface area contributed by atoms with Crippen LogP contribution in [0.1, 0.15) is 24.9 Å². The van der Waals surface area contributed by atoms with Crippen molar-refractivity contribution >= 4 is 50.2 Å². The van der Waals surface area contributed by atoms with Crippen molar-refractivity contribution in [3.05, 3.63) is 26.6 Å². The zero-order valence-electron chi connectivity index (χ0n) is 9.65. The predicted octanol–water partition coefficient (Wildman–Crippen LogP) is 3.29. The molecule has 0 aliphatic heterocycles. The van der Waals surface area contributed by atoms with Crippen molar-refractivity contribution in [2.75, 3.05) is 6.61 Å². The van der Waals surface area contributed by atoms with Crippen LogP contribution >= 0.6 is 44.3 Å². The highest BCUT2D eigenvalue weighted by Gasteiger charge is 2.15. The summed E-state index contributed by atoms with van der Waals surface area (Å²) in [6.07, 6.45) is 0.109. The van der Waals surface area contributed by atoms with Crippen molar-refractivity contribution in [1.29, 1.82) is 0 Å². The first-order chi connectivity index (χ1) is 7.95. The second-order valence-electron chi connectivity index (χ2n) is 3.45. The van der Waals surface area contributed by atoms with Gasteiger partial charge in [-0.3, -0.25) is 4.79 Å². The Kier molecular flexibility index (Phi) is 7.86. The number of hydrogen-bond donors (Lipinski definition) is 2. The van der Waals surface area contributed by atoms with E-state index < -0.39 is 6.04 Å². The molecule has 0 aliphatic rings. The molecule has 0 aliphatic carbocycles. The summed E-state index contributed by atoms with van der Waals surface area (Å²) in [5, 5.41) is 9.55. The standard InChI is InChI=1S/C11H13Br2NO3.ClH/c1-2-17-10(15)5-9(14)6-3-7(12)11(16)8(13)4-6;/h3-4,9,16H,2,5,14H2,1H3;1H/t9-;/m0./s1. The molecular formula is C11H14Br2ClNO3. The molecule has 3 N–H and O–H groups in total. The lowest BCUT2D eigenvalue weighted by atomic mass is 10.0. The smallest absolute Gasteiger partial charge is 0.307 e. The van der Waals surface area contributed by atoms with Gasteiger partial charge >= 0.3 is 5.97 Å². The molecule has 1 rings (SSSR count). The van der Waals surface area contributed by atoms with Crippen molar-refractivity contribution in [2.24, 2.45) is 5.73 Å². The van der Waals surface area contributed by atoms with Gasteiger partial charge in [0.2, 0.25) is 0 Å². The van der Waals surface area contributed by atoms with Gasteiger partial charge in [-0.25, -0.2) is 0 Å². The van der Waals surface area contributed by atoms with E-state index in [1.807, 2.05) is 0 Å². The minimum atomic E-state index is -0.456. The van der Waals surface area contributed by atoms with Gasteiger partial charge in [0.05, 0.1) is 22.0 Å². The van der Waals surface area contributed by atoms with Gasteiger partial charge in [0.15, 0.2) is 0 Å². The van der Waals surface area contributed by atoms with E-state index in [0.29, 0.717) is 15.6 Å². The third-order valence-corrected chi connectivity index (χ3v) is 3.37. The Bertz CT molecular complexity index is 406. The zero-order valence-corrected chi connectivity index (χ0v) is 13.6. The number of ether oxygens (including phenoxy) is 1. The molecule has 0 amide bonds. The predicted molar refractivity (Wildman–Crippen MR) is 78.9 cm³/mol. The van der Waals surface area contributed by atoms with E-state index in [0.717, 1.165) is 5.56 Å². The SMILES string of the molecule is CCOC(=O)C[C@H](N)c1cc(Br)c(O)c(Br)c1.Cl. The van der Waals surface area contributed by atoms with Crippen LogP contribution in [0.5, 0.6) is 5.75 Å². The van der Waals surface area contributed by atoms with Crippen LogP contribution < -0.4 is 5.73 Å². The fraction of sp³-hybridized carbons (Fsp3) is 0.364. The Morgan fingerprint density at radius 1 is 1.44 bits per heavy atom. The van der Waals surface area contributed by atoms with Gasteiger partial charge in [0.1, 0.15) is 5.75 Å². The molecule has 0 fully saturated rings. The third-order valence-electron chi connectivity index (χ3n) is 2.16. The fourth-order valence-corrected chi connectivity index (χ4v) is 2.54. The molecule has 7 heteroatoms. The summed E-state index contributed by atoms with van der Waals surface area (Å²) in [6, 6.07) is 2.91. The number of rotatable bonds is 4. The monoisotopic (exact) mass is 401 g/mol. The number of hydrogen-bond acceptors (Lipinski definition) is 4. The van der Waals surface area contributed by atoms with Crippen LogP contribution in [0.25, 0.3) is 0 Å². The van der Waals surface area contributed by atoms with Gasteiger partial charge < -0.3 is 15.6 Å². The van der Waals surface area contributed by atoms with Crippen LogP contribution in [0.2, 0.25) is 0 Å². The minimum Gasteiger partial charge on any atom is -0.506 e. The van der Waals surface area contributed by atoms with E-state index in [1.54, 1.807) is 19.1 Å². The summed E-state index contributed by atoms with van der Waals surface area (Å²) < 4.78 is 5.88. The number of esters is 1. The molecule has 18 heavy (non-hydrogen) atoms. The van der Waals surface area contributed by atoms with Crippen LogP contribution in [-0.4, -0.2) is 17.7 Å². The second kappa shape index (κ2) is 7.99. The molecule has 0 unspecified atom stereocenters. The number of halogens is 3. The number of aromatic hydroxyl groups is 1. The number of phenols is 1. The van der Waals surface area contributed by atoms with E-state index in [1.165, 1.54) is 0 Å². The summed E-state index contributed by atoms with van der Waals surface area (Å²) in [6.45, 7) is 2.09. The zero-order chi connectivity index (χ0) is 13.0. The first kappa shape index (κ1) is 17.7. The van der Waals surface area contributed by atoms with Gasteiger partial charge in [-0.1, -0.05) is 0 Å². The maximum absolute atomic E-state index is 11.3. The molecule has 0 saturated heterocycles. The van der Waals surface area contributed by atoms with Crippen LogP contribution in [0.15, 0.2) is 21.1 Å². The van der Waals surface area contributed by atoms with Gasteiger partial charge in [-0.05, 0) is 56.5 Å². The minimum absolute atomic E-state index is 0. The maximum Gasteiger partial charge on any atom is 0.307 e. The first-order valence-electron chi connectivity index (χ1n) is 5.04. The van der Waals surface area contributed by atoms with Gasteiger partial charge in [0.25, 0.3) is 0 Å². The maximum atomic E-state index is 11.3. The lowest BCUT2D eigenvalue weighted by Gasteiger charge is -2.13. The molecule has 4 nitrogen and oxygen atoms in total. The molecule has 0 aromatic heterocycles. The quantitative estimate of drug-likeness (QED) is 0.757. The summed E-state index contributed by atoms with van der Waals surface area (Å²) in [4.78, 5) is 11.3. The number of carbonyl (C=O) groups excluding carboxylic acids is 1. The Morgan fingerprint density at radius 3 is 2.39 bits per heavy atom. The van der Waals surface area contributed by atoms with E-state index in [2.05, 4.69) is 31.9 Å². The van der Waals surface area contributed by atoms with Crippen LogP contribution in [0, 0.1) is 0 Å². The Hall–Kier alpha value is -0.300. The lowest BCUT2D eigenvalue weighted by molar-refractivity contribution is -0.143. The molecule has 1 aromatic carbocycles. The second-order valence-corrected chi connectivity index (χ2v) is 5.16. The molecule has 0 spiro atoms. The topological polar surface area (TPSA) is 72.5 Å². The molecule has 0 saturated carbocycles. The molecule has 1 atom stereocenters. The molecule has 1 aromatic rings.